The number of hydrogen-bond donors (Lipinski definition) is 7. The van der Waals surface area contributed by atoms with Crippen molar-refractivity contribution in [3.8, 4) is 47.0 Å². The number of aromatic hydroxyl groups is 4. The van der Waals surface area contributed by atoms with Crippen molar-refractivity contribution in [2.45, 2.75) is 37.4 Å². The van der Waals surface area contributed by atoms with E-state index < -0.39 is 52.9 Å². The first kappa shape index (κ1) is 26.3. The molecule has 2 aromatic rings. The number of aliphatic imine (C=N–C) groups is 1. The van der Waals surface area contributed by atoms with E-state index in [1.807, 2.05) is 6.11 Å². The molecule has 0 aromatic heterocycles. The molecule has 0 heterocycles. The standard InChI is InChI=1S/C24H26N2O10/c1-5-14(29)26-20-11(28)8-13(35-4)16(24(20)33)18-21(30)17(22(18)31)15-12(34-3)7-10(27)19(23(15)32)25-9-36-6-2/h2,7-9,17-18,21-22,27-28,30-33H,5H2,1,3-4H3,(H,26,29). The zero-order valence-corrected chi connectivity index (χ0v) is 19.6. The molecule has 36 heavy (non-hydrogen) atoms. The van der Waals surface area contributed by atoms with Gasteiger partial charge in [0.25, 0.3) is 0 Å². The second-order valence-electron chi connectivity index (χ2n) is 7.85. The summed E-state index contributed by atoms with van der Waals surface area (Å²) in [5.41, 5.74) is -0.804. The number of benzene rings is 2. The average Bonchev–Trinajstić information content (AvgIpc) is 2.86. The van der Waals surface area contributed by atoms with Gasteiger partial charge in [-0.15, -0.1) is 0 Å². The summed E-state index contributed by atoms with van der Waals surface area (Å²) < 4.78 is 15.0. The molecule has 2 aromatic carbocycles. The van der Waals surface area contributed by atoms with Crippen LogP contribution in [0.3, 0.4) is 0 Å². The first-order valence-corrected chi connectivity index (χ1v) is 10.7. The smallest absolute Gasteiger partial charge is 0.224 e. The molecular formula is C24H26N2O10. The van der Waals surface area contributed by atoms with Gasteiger partial charge in [-0.1, -0.05) is 13.3 Å². The lowest BCUT2D eigenvalue weighted by molar-refractivity contribution is -0.115. The molecule has 1 saturated carbocycles. The minimum Gasteiger partial charge on any atom is -0.505 e. The Hall–Kier alpha value is -4.34. The summed E-state index contributed by atoms with van der Waals surface area (Å²) in [6.07, 6.45) is 4.82. The zero-order valence-electron chi connectivity index (χ0n) is 19.6. The zero-order chi connectivity index (χ0) is 26.7. The minimum atomic E-state index is -1.43. The van der Waals surface area contributed by atoms with Crippen molar-refractivity contribution in [1.82, 2.24) is 0 Å². The molecule has 2 atom stereocenters. The summed E-state index contributed by atoms with van der Waals surface area (Å²) in [6.45, 7) is 1.58. The van der Waals surface area contributed by atoms with Crippen LogP contribution in [0.4, 0.5) is 11.4 Å². The number of phenolic OH excluding ortho intramolecular Hbond substituents is 4. The Morgan fingerprint density at radius 2 is 1.56 bits per heavy atom. The van der Waals surface area contributed by atoms with Crippen molar-refractivity contribution in [3.05, 3.63) is 23.3 Å². The maximum absolute atomic E-state index is 11.9. The number of ether oxygens (including phenoxy) is 3. The van der Waals surface area contributed by atoms with Gasteiger partial charge in [0, 0.05) is 41.5 Å². The molecule has 0 saturated heterocycles. The van der Waals surface area contributed by atoms with Crippen molar-refractivity contribution in [2.75, 3.05) is 19.5 Å². The van der Waals surface area contributed by atoms with Gasteiger partial charge in [-0.2, -0.15) is 0 Å². The summed E-state index contributed by atoms with van der Waals surface area (Å²) in [4.78, 5) is 15.6. The molecule has 1 amide bonds. The molecule has 0 bridgehead atoms. The normalized spacial score (nSPS) is 20.9. The molecule has 1 aliphatic carbocycles. The Morgan fingerprint density at radius 3 is 2.06 bits per heavy atom. The van der Waals surface area contributed by atoms with E-state index >= 15 is 0 Å². The van der Waals surface area contributed by atoms with Crippen molar-refractivity contribution in [3.63, 3.8) is 0 Å². The van der Waals surface area contributed by atoms with Gasteiger partial charge in [-0.3, -0.25) is 4.79 Å². The van der Waals surface area contributed by atoms with E-state index in [0.717, 1.165) is 18.5 Å². The number of carbonyl (C=O) groups excluding carboxylic acids is 1. The van der Waals surface area contributed by atoms with Crippen molar-refractivity contribution in [1.29, 1.82) is 0 Å². The van der Waals surface area contributed by atoms with Crippen LogP contribution in [0.5, 0.6) is 34.5 Å². The number of carbonyl (C=O) groups is 1. The Bertz CT molecular complexity index is 1230. The first-order chi connectivity index (χ1) is 17.1. The van der Waals surface area contributed by atoms with Gasteiger partial charge in [0.15, 0.2) is 17.8 Å². The summed E-state index contributed by atoms with van der Waals surface area (Å²) in [5, 5.41) is 66.8. The monoisotopic (exact) mass is 502 g/mol. The third-order valence-electron chi connectivity index (χ3n) is 6.00. The van der Waals surface area contributed by atoms with E-state index in [-0.39, 0.29) is 40.4 Å². The van der Waals surface area contributed by atoms with Crippen molar-refractivity contribution >= 4 is 23.7 Å². The number of nitrogens with one attached hydrogen (secondary N) is 1. The largest absolute Gasteiger partial charge is 0.505 e. The van der Waals surface area contributed by atoms with E-state index in [0.29, 0.717) is 0 Å². The summed E-state index contributed by atoms with van der Waals surface area (Å²) in [7, 11) is 2.52. The SMILES string of the molecule is C#COC=Nc1c(O)cc(OC)c(C2C(O)C(c3c(OC)cc(O)c(NC(=O)CC)c3O)C2O)c1O. The lowest BCUT2D eigenvalue weighted by Crippen LogP contribution is -2.52. The average molecular weight is 502 g/mol. The number of amides is 1. The number of methoxy groups -OCH3 is 2. The molecule has 7 N–H and O–H groups in total. The second kappa shape index (κ2) is 10.5. The maximum Gasteiger partial charge on any atom is 0.224 e. The molecule has 12 nitrogen and oxygen atoms in total. The Morgan fingerprint density at radius 1 is 1.03 bits per heavy atom. The number of aliphatic hydroxyl groups excluding tert-OH is 2. The Labute approximate surface area is 206 Å². The van der Waals surface area contributed by atoms with Gasteiger partial charge in [0.2, 0.25) is 5.91 Å². The lowest BCUT2D eigenvalue weighted by Gasteiger charge is -2.47. The highest BCUT2D eigenvalue weighted by Gasteiger charge is 2.55. The van der Waals surface area contributed by atoms with E-state index in [4.69, 9.17) is 15.9 Å². The van der Waals surface area contributed by atoms with Crippen LogP contribution >= 0.6 is 0 Å². The quantitative estimate of drug-likeness (QED) is 0.121. The van der Waals surface area contributed by atoms with E-state index in [1.54, 1.807) is 6.92 Å². The molecule has 3 rings (SSSR count). The second-order valence-corrected chi connectivity index (χ2v) is 7.85. The van der Waals surface area contributed by atoms with Gasteiger partial charge < -0.3 is 50.2 Å². The number of anilines is 1. The molecule has 0 radical (unpaired) electrons. The van der Waals surface area contributed by atoms with Gasteiger partial charge in [0.1, 0.15) is 40.5 Å². The lowest BCUT2D eigenvalue weighted by atomic mass is 9.62. The van der Waals surface area contributed by atoms with Crippen molar-refractivity contribution < 1.29 is 49.6 Å². The number of phenols is 4. The Balaban J connectivity index is 2.10. The molecule has 0 aliphatic heterocycles. The molecule has 2 unspecified atom stereocenters. The number of rotatable bonds is 8. The first-order valence-electron chi connectivity index (χ1n) is 10.7. The molecule has 1 aliphatic rings. The number of nitrogens with zero attached hydrogens (tertiary/aromatic N) is 1. The minimum absolute atomic E-state index is 0.0545. The topological polar surface area (TPSA) is 191 Å². The predicted molar refractivity (Wildman–Crippen MR) is 127 cm³/mol. The molecule has 12 heteroatoms. The molecule has 192 valence electrons. The van der Waals surface area contributed by atoms with Crippen LogP contribution in [0.25, 0.3) is 0 Å². The number of terminal acetylenes is 1. The molecular weight excluding hydrogens is 476 g/mol. The van der Waals surface area contributed by atoms with E-state index in [2.05, 4.69) is 15.0 Å². The van der Waals surface area contributed by atoms with Crippen molar-refractivity contribution in [2.24, 2.45) is 4.99 Å². The van der Waals surface area contributed by atoms with Crippen LogP contribution in [0.1, 0.15) is 36.3 Å². The molecule has 1 fully saturated rings. The van der Waals surface area contributed by atoms with Gasteiger partial charge in [-0.25, -0.2) is 4.99 Å². The third-order valence-corrected chi connectivity index (χ3v) is 6.00. The maximum atomic E-state index is 11.9. The van der Waals surface area contributed by atoms with E-state index in [1.165, 1.54) is 14.2 Å². The fourth-order valence-corrected chi connectivity index (χ4v) is 4.24. The van der Waals surface area contributed by atoms with Crippen LogP contribution in [0, 0.1) is 12.5 Å². The highest BCUT2D eigenvalue weighted by molar-refractivity contribution is 5.94. The van der Waals surface area contributed by atoms with Crippen LogP contribution in [-0.4, -0.2) is 69.4 Å². The summed E-state index contributed by atoms with van der Waals surface area (Å²) in [5.74, 6) is -5.12. The highest BCUT2D eigenvalue weighted by atomic mass is 16.5. The van der Waals surface area contributed by atoms with Gasteiger partial charge >= 0.3 is 0 Å². The number of hydrogen-bond acceptors (Lipinski definition) is 11. The number of aliphatic hydroxyl groups is 2. The molecule has 0 spiro atoms. The van der Waals surface area contributed by atoms with Crippen LogP contribution in [0.2, 0.25) is 0 Å². The van der Waals surface area contributed by atoms with E-state index in [9.17, 15) is 35.4 Å². The van der Waals surface area contributed by atoms with Gasteiger partial charge in [-0.05, 0) is 0 Å². The predicted octanol–water partition coefficient (Wildman–Crippen LogP) is 1.74. The third kappa shape index (κ3) is 4.37. The summed E-state index contributed by atoms with van der Waals surface area (Å²) in [6, 6.07) is 2.26. The summed E-state index contributed by atoms with van der Waals surface area (Å²) >= 11 is 0. The fraction of sp³-hybridized carbons (Fsp3) is 0.333. The highest BCUT2D eigenvalue weighted by Crippen LogP contribution is 2.59. The van der Waals surface area contributed by atoms with Crippen LogP contribution < -0.4 is 14.8 Å². The Kier molecular flexibility index (Phi) is 7.67. The van der Waals surface area contributed by atoms with Crippen LogP contribution in [0.15, 0.2) is 17.1 Å². The van der Waals surface area contributed by atoms with Gasteiger partial charge in [0.05, 0.1) is 26.4 Å². The fourth-order valence-electron chi connectivity index (χ4n) is 4.24. The van der Waals surface area contributed by atoms with Crippen LogP contribution in [-0.2, 0) is 9.53 Å².